The van der Waals surface area contributed by atoms with E-state index in [0.717, 1.165) is 48.5 Å². The number of hydrogen-bond donors (Lipinski definition) is 0. The maximum absolute atomic E-state index is 13.3. The lowest BCUT2D eigenvalue weighted by Gasteiger charge is -2.27. The van der Waals surface area contributed by atoms with Crippen LogP contribution in [0.2, 0.25) is 5.02 Å². The Bertz CT molecular complexity index is 1080. The van der Waals surface area contributed by atoms with Crippen LogP contribution in [-0.2, 0) is 17.8 Å². The molecule has 0 saturated carbocycles. The molecule has 1 fully saturated rings. The molecular formula is C23H27ClN6O. The van der Waals surface area contributed by atoms with Crippen LogP contribution in [0.1, 0.15) is 37.3 Å². The molecule has 3 heterocycles. The molecular weight excluding hydrogens is 412 g/mol. The van der Waals surface area contributed by atoms with E-state index in [1.165, 1.54) is 0 Å². The predicted octanol–water partition coefficient (Wildman–Crippen LogP) is 3.99. The Morgan fingerprint density at radius 1 is 1.29 bits per heavy atom. The topological polar surface area (TPSA) is 67.2 Å². The third-order valence-electron chi connectivity index (χ3n) is 5.65. The Morgan fingerprint density at radius 3 is 2.87 bits per heavy atom. The normalized spacial score (nSPS) is 16.0. The molecule has 1 amide bonds. The monoisotopic (exact) mass is 438 g/mol. The van der Waals surface area contributed by atoms with Crippen molar-refractivity contribution in [3.8, 4) is 11.1 Å². The number of halogens is 1. The Hall–Kier alpha value is -2.93. The van der Waals surface area contributed by atoms with E-state index in [-0.39, 0.29) is 18.5 Å². The molecule has 4 rings (SSSR count). The minimum atomic E-state index is -0.100. The molecule has 162 valence electrons. The molecule has 1 aromatic carbocycles. The fourth-order valence-corrected chi connectivity index (χ4v) is 4.31. The molecule has 7 nitrogen and oxygen atoms in total. The van der Waals surface area contributed by atoms with Crippen LogP contribution in [-0.4, -0.2) is 51.0 Å². The number of anilines is 1. The molecule has 0 radical (unpaired) electrons. The Labute approximate surface area is 187 Å². The Balaban J connectivity index is 1.71. The molecule has 0 aliphatic carbocycles. The fraction of sp³-hybridized carbons (Fsp3) is 0.391. The van der Waals surface area contributed by atoms with E-state index in [9.17, 15) is 4.79 Å². The molecule has 0 N–H and O–H groups in total. The van der Waals surface area contributed by atoms with Crippen molar-refractivity contribution in [1.82, 2.24) is 24.4 Å². The van der Waals surface area contributed by atoms with Crippen LogP contribution in [0.15, 0.2) is 42.9 Å². The van der Waals surface area contributed by atoms with Gasteiger partial charge in [-0.2, -0.15) is 0 Å². The van der Waals surface area contributed by atoms with Crippen LogP contribution in [0.3, 0.4) is 0 Å². The molecule has 1 aliphatic rings. The number of likely N-dealkylation sites (tertiary alicyclic amines) is 1. The van der Waals surface area contributed by atoms with E-state index in [0.29, 0.717) is 11.0 Å². The van der Waals surface area contributed by atoms with E-state index < -0.39 is 0 Å². The summed E-state index contributed by atoms with van der Waals surface area (Å²) in [4.78, 5) is 30.9. The highest BCUT2D eigenvalue weighted by Gasteiger charge is 2.33. The van der Waals surface area contributed by atoms with Crippen LogP contribution < -0.4 is 4.90 Å². The van der Waals surface area contributed by atoms with Crippen molar-refractivity contribution in [3.05, 3.63) is 59.4 Å². The van der Waals surface area contributed by atoms with Gasteiger partial charge in [-0.1, -0.05) is 30.7 Å². The van der Waals surface area contributed by atoms with Gasteiger partial charge < -0.3 is 14.4 Å². The summed E-state index contributed by atoms with van der Waals surface area (Å²) in [6, 6.07) is 7.59. The van der Waals surface area contributed by atoms with Gasteiger partial charge in [-0.3, -0.25) is 4.79 Å². The number of carbonyl (C=O) groups is 1. The molecule has 1 atom stereocenters. The second kappa shape index (κ2) is 9.06. The van der Waals surface area contributed by atoms with Gasteiger partial charge in [0, 0.05) is 56.2 Å². The van der Waals surface area contributed by atoms with Gasteiger partial charge in [0.05, 0.1) is 11.7 Å². The average molecular weight is 439 g/mol. The number of hydrogen-bond acceptors (Lipinski definition) is 5. The van der Waals surface area contributed by atoms with Gasteiger partial charge in [-0.25, -0.2) is 15.0 Å². The largest absolute Gasteiger partial charge is 0.347 e. The molecule has 3 aromatic rings. The molecule has 1 aliphatic heterocycles. The van der Waals surface area contributed by atoms with Gasteiger partial charge >= 0.3 is 0 Å². The summed E-state index contributed by atoms with van der Waals surface area (Å²) in [5.41, 5.74) is 2.73. The van der Waals surface area contributed by atoms with Gasteiger partial charge in [-0.15, -0.1) is 0 Å². The molecule has 0 spiro atoms. The quantitative estimate of drug-likeness (QED) is 0.582. The number of amides is 1. The summed E-state index contributed by atoms with van der Waals surface area (Å²) in [5, 5.41) is 0.659. The second-order valence-corrected chi connectivity index (χ2v) is 8.38. The van der Waals surface area contributed by atoms with E-state index in [1.54, 1.807) is 6.20 Å². The van der Waals surface area contributed by atoms with Crippen molar-refractivity contribution in [2.75, 3.05) is 25.5 Å². The van der Waals surface area contributed by atoms with Crippen LogP contribution >= 0.6 is 11.6 Å². The number of imidazole rings is 1. The summed E-state index contributed by atoms with van der Waals surface area (Å²) in [5.74, 6) is 1.63. The summed E-state index contributed by atoms with van der Waals surface area (Å²) in [7, 11) is 3.84. The number of rotatable bonds is 6. The number of benzene rings is 1. The van der Waals surface area contributed by atoms with Crippen LogP contribution in [0.5, 0.6) is 0 Å². The van der Waals surface area contributed by atoms with Crippen LogP contribution in [0.25, 0.3) is 11.1 Å². The zero-order valence-electron chi connectivity index (χ0n) is 18.1. The van der Waals surface area contributed by atoms with Crippen molar-refractivity contribution >= 4 is 23.5 Å². The van der Waals surface area contributed by atoms with Gasteiger partial charge in [0.1, 0.15) is 12.4 Å². The molecule has 0 bridgehead atoms. The van der Waals surface area contributed by atoms with Crippen molar-refractivity contribution in [2.24, 2.45) is 0 Å². The number of aryl methyl sites for hydroxylation is 1. The lowest BCUT2D eigenvalue weighted by molar-refractivity contribution is -0.132. The minimum absolute atomic E-state index is 0.0808. The molecule has 31 heavy (non-hydrogen) atoms. The maximum Gasteiger partial charge on any atom is 0.243 e. The summed E-state index contributed by atoms with van der Waals surface area (Å²) < 4.78 is 1.93. The number of nitrogens with zero attached hydrogens (tertiary/aromatic N) is 6. The minimum Gasteiger partial charge on any atom is -0.347 e. The smallest absolute Gasteiger partial charge is 0.243 e. The molecule has 0 unspecified atom stereocenters. The lowest BCUT2D eigenvalue weighted by atomic mass is 10.00. The first kappa shape index (κ1) is 21.3. The number of carbonyl (C=O) groups excluding carboxylic acids is 1. The Morgan fingerprint density at radius 2 is 2.13 bits per heavy atom. The highest BCUT2D eigenvalue weighted by atomic mass is 35.5. The zero-order chi connectivity index (χ0) is 22.0. The van der Waals surface area contributed by atoms with E-state index in [1.807, 2.05) is 72.0 Å². The third-order valence-corrected chi connectivity index (χ3v) is 5.89. The predicted molar refractivity (Wildman–Crippen MR) is 122 cm³/mol. The first-order chi connectivity index (χ1) is 15.0. The zero-order valence-corrected chi connectivity index (χ0v) is 18.9. The Kier molecular flexibility index (Phi) is 6.23. The van der Waals surface area contributed by atoms with Crippen molar-refractivity contribution in [1.29, 1.82) is 0 Å². The van der Waals surface area contributed by atoms with Gasteiger partial charge in [0.2, 0.25) is 11.9 Å². The van der Waals surface area contributed by atoms with Crippen LogP contribution in [0.4, 0.5) is 5.95 Å². The first-order valence-corrected chi connectivity index (χ1v) is 11.0. The summed E-state index contributed by atoms with van der Waals surface area (Å²) >= 11 is 6.25. The summed E-state index contributed by atoms with van der Waals surface area (Å²) in [6.07, 6.45) is 8.06. The third kappa shape index (κ3) is 4.42. The SMILES string of the molecule is CCc1nccn1CC(=O)N1CCC[C@H]1c1nc(N(C)C)ncc1-c1cccc(Cl)c1. The highest BCUT2D eigenvalue weighted by Crippen LogP contribution is 2.37. The van der Waals surface area contributed by atoms with E-state index in [2.05, 4.69) is 9.97 Å². The van der Waals surface area contributed by atoms with Crippen LogP contribution in [0, 0.1) is 0 Å². The van der Waals surface area contributed by atoms with Crippen molar-refractivity contribution in [3.63, 3.8) is 0 Å². The van der Waals surface area contributed by atoms with Crippen molar-refractivity contribution < 1.29 is 4.79 Å². The van der Waals surface area contributed by atoms with Gasteiger partial charge in [0.25, 0.3) is 0 Å². The standard InChI is InChI=1S/C23H27ClN6O/c1-4-20-25-10-12-29(20)15-21(31)30-11-6-9-19(30)22-18(14-26-23(27-22)28(2)3)16-7-5-8-17(24)13-16/h5,7-8,10,12-14,19H,4,6,9,11,15H2,1-3H3/t19-/m0/s1. The molecule has 8 heteroatoms. The molecule has 1 saturated heterocycles. The highest BCUT2D eigenvalue weighted by molar-refractivity contribution is 6.30. The molecule has 2 aromatic heterocycles. The fourth-order valence-electron chi connectivity index (χ4n) is 4.12. The van der Waals surface area contributed by atoms with E-state index >= 15 is 0 Å². The summed E-state index contributed by atoms with van der Waals surface area (Å²) in [6.45, 7) is 3.05. The van der Waals surface area contributed by atoms with Crippen molar-refractivity contribution in [2.45, 2.75) is 38.8 Å². The number of aromatic nitrogens is 4. The second-order valence-electron chi connectivity index (χ2n) is 7.94. The average Bonchev–Trinajstić information content (AvgIpc) is 3.42. The lowest BCUT2D eigenvalue weighted by Crippen LogP contribution is -2.34. The maximum atomic E-state index is 13.3. The van der Waals surface area contributed by atoms with Gasteiger partial charge in [0.15, 0.2) is 0 Å². The first-order valence-electron chi connectivity index (χ1n) is 10.6. The van der Waals surface area contributed by atoms with E-state index in [4.69, 9.17) is 16.6 Å². The van der Waals surface area contributed by atoms with Gasteiger partial charge in [-0.05, 0) is 30.5 Å².